The summed E-state index contributed by atoms with van der Waals surface area (Å²) in [4.78, 5) is 62.1. The van der Waals surface area contributed by atoms with Gasteiger partial charge in [0.25, 0.3) is 5.69 Å². The zero-order valence-corrected chi connectivity index (χ0v) is 20.1. The number of nitro benzene ring substituents is 1. The normalized spacial score (nSPS) is 19.3. The summed E-state index contributed by atoms with van der Waals surface area (Å²) in [5.41, 5.74) is 4.84. The lowest BCUT2D eigenvalue weighted by Gasteiger charge is -2.41. The highest BCUT2D eigenvalue weighted by atomic mass is 16.6. The molecule has 37 heavy (non-hydrogen) atoms. The molecule has 4 rings (SSSR count). The van der Waals surface area contributed by atoms with E-state index in [-0.39, 0.29) is 35.3 Å². The number of fused-ring (bicyclic) bond motifs is 1. The predicted molar refractivity (Wildman–Crippen MR) is 133 cm³/mol. The fourth-order valence-corrected chi connectivity index (χ4v) is 5.53. The van der Waals surface area contributed by atoms with Gasteiger partial charge in [-0.05, 0) is 18.9 Å². The highest BCUT2D eigenvalue weighted by Crippen LogP contribution is 2.48. The van der Waals surface area contributed by atoms with Gasteiger partial charge in [-0.3, -0.25) is 24.5 Å². The first-order valence-electron chi connectivity index (χ1n) is 11.8. The van der Waals surface area contributed by atoms with Crippen molar-refractivity contribution in [3.05, 3.63) is 75.5 Å². The number of hydrogen-bond acceptors (Lipinski definition) is 6. The van der Waals surface area contributed by atoms with Crippen LogP contribution in [0.2, 0.25) is 0 Å². The number of nitrogens with one attached hydrogen (secondary N) is 1. The third-order valence-electron chi connectivity index (χ3n) is 7.22. The lowest BCUT2D eigenvalue weighted by Crippen LogP contribution is -2.55. The van der Waals surface area contributed by atoms with Crippen molar-refractivity contribution in [1.82, 2.24) is 9.88 Å². The van der Waals surface area contributed by atoms with Gasteiger partial charge in [0, 0.05) is 41.2 Å². The van der Waals surface area contributed by atoms with Gasteiger partial charge < -0.3 is 20.7 Å². The summed E-state index contributed by atoms with van der Waals surface area (Å²) in [6.45, 7) is -0.452. The number of para-hydroxylation sites is 1. The summed E-state index contributed by atoms with van der Waals surface area (Å²) in [6, 6.07) is 12.1. The standard InChI is InChI=1S/C26H26N4O7/c1-29-19-11-3-2-9-17(19)21(22(29)24(33)34)26(25(27)35)12-5-4-10-18(26)23(32)28-14-20(31)15-7-6-8-16(13-15)30(36)37/h2-3,6-9,11,13,18H,4-5,10,12,14H2,1H3,(H2,27,35)(H,28,32)(H,33,34)/t18-,26-/m0/s1. The van der Waals surface area contributed by atoms with Gasteiger partial charge in [-0.1, -0.05) is 43.2 Å². The van der Waals surface area contributed by atoms with Crippen molar-refractivity contribution in [2.75, 3.05) is 6.54 Å². The van der Waals surface area contributed by atoms with Crippen LogP contribution in [0.1, 0.15) is 52.1 Å². The van der Waals surface area contributed by atoms with Gasteiger partial charge in [0.1, 0.15) is 5.69 Å². The molecule has 11 nitrogen and oxygen atoms in total. The quantitative estimate of drug-likeness (QED) is 0.239. The van der Waals surface area contributed by atoms with Crippen molar-refractivity contribution in [3.8, 4) is 0 Å². The zero-order valence-electron chi connectivity index (χ0n) is 20.1. The number of carbonyl (C=O) groups is 4. The monoisotopic (exact) mass is 506 g/mol. The summed E-state index contributed by atoms with van der Waals surface area (Å²) in [5.74, 6) is -4.23. The average molecular weight is 507 g/mol. The molecule has 1 aliphatic rings. The Morgan fingerprint density at radius 1 is 1.16 bits per heavy atom. The molecule has 1 aromatic heterocycles. The van der Waals surface area contributed by atoms with Crippen molar-refractivity contribution in [3.63, 3.8) is 0 Å². The van der Waals surface area contributed by atoms with Crippen molar-refractivity contribution >= 4 is 40.2 Å². The SMILES string of the molecule is Cn1c(C(=O)O)c([C@]2(C(N)=O)CCCC[C@H]2C(=O)NCC(=O)c2cccc([N+](=O)[O-])c2)c2ccccc21. The third-order valence-corrected chi connectivity index (χ3v) is 7.22. The van der Waals surface area contributed by atoms with Gasteiger partial charge >= 0.3 is 5.97 Å². The van der Waals surface area contributed by atoms with Crippen molar-refractivity contribution in [2.45, 2.75) is 31.1 Å². The maximum absolute atomic E-state index is 13.5. The number of carboxylic acids is 1. The van der Waals surface area contributed by atoms with Gasteiger partial charge in [-0.2, -0.15) is 0 Å². The second kappa shape index (κ2) is 9.84. The number of carbonyl (C=O) groups excluding carboxylic acids is 3. The van der Waals surface area contributed by atoms with Crippen LogP contribution in [-0.2, 0) is 22.1 Å². The lowest BCUT2D eigenvalue weighted by atomic mass is 9.60. The predicted octanol–water partition coefficient (Wildman–Crippen LogP) is 2.70. The Hall–Kier alpha value is -4.54. The van der Waals surface area contributed by atoms with Gasteiger partial charge in [-0.15, -0.1) is 0 Å². The third kappa shape index (κ3) is 4.32. The number of ketones is 1. The van der Waals surface area contributed by atoms with E-state index in [9.17, 15) is 34.4 Å². The first-order valence-corrected chi connectivity index (χ1v) is 11.8. The average Bonchev–Trinajstić information content (AvgIpc) is 3.19. The number of nitro groups is 1. The number of aromatic nitrogens is 1. The fourth-order valence-electron chi connectivity index (χ4n) is 5.53. The molecule has 4 N–H and O–H groups in total. The molecule has 1 fully saturated rings. The number of benzene rings is 2. The number of amides is 2. The van der Waals surface area contributed by atoms with Crippen LogP contribution >= 0.6 is 0 Å². The number of carboxylic acid groups (broad SMARTS) is 1. The largest absolute Gasteiger partial charge is 0.477 e. The number of rotatable bonds is 8. The number of nitrogens with two attached hydrogens (primary N) is 1. The molecule has 0 radical (unpaired) electrons. The van der Waals surface area contributed by atoms with Crippen molar-refractivity contribution < 1.29 is 29.2 Å². The van der Waals surface area contributed by atoms with Crippen molar-refractivity contribution in [1.29, 1.82) is 0 Å². The van der Waals surface area contributed by atoms with Crippen LogP contribution in [-0.4, -0.2) is 44.7 Å². The molecule has 2 atom stereocenters. The Balaban J connectivity index is 1.73. The Morgan fingerprint density at radius 2 is 1.89 bits per heavy atom. The van der Waals surface area contributed by atoms with E-state index in [0.29, 0.717) is 23.7 Å². The molecule has 3 aromatic rings. The van der Waals surface area contributed by atoms with E-state index in [1.807, 2.05) is 0 Å². The Labute approximate surface area is 211 Å². The number of primary amides is 1. The summed E-state index contributed by atoms with van der Waals surface area (Å²) >= 11 is 0. The summed E-state index contributed by atoms with van der Waals surface area (Å²) in [5, 5.41) is 24.2. The number of hydrogen-bond donors (Lipinski definition) is 3. The molecule has 0 saturated heterocycles. The van der Waals surface area contributed by atoms with E-state index in [4.69, 9.17) is 5.73 Å². The number of nitrogens with zero attached hydrogens (tertiary/aromatic N) is 2. The van der Waals surface area contributed by atoms with Crippen LogP contribution in [0, 0.1) is 16.0 Å². The smallest absolute Gasteiger partial charge is 0.352 e. The summed E-state index contributed by atoms with van der Waals surface area (Å²) in [6.07, 6.45) is 1.61. The van der Waals surface area contributed by atoms with Crippen LogP contribution in [0.15, 0.2) is 48.5 Å². The highest BCUT2D eigenvalue weighted by Gasteiger charge is 2.53. The van der Waals surface area contributed by atoms with Crippen LogP contribution in [0.5, 0.6) is 0 Å². The van der Waals surface area contributed by atoms with Gasteiger partial charge in [0.05, 0.1) is 22.8 Å². The molecule has 1 aliphatic carbocycles. The van der Waals surface area contributed by atoms with Gasteiger partial charge in [0.2, 0.25) is 11.8 Å². The molecule has 11 heteroatoms. The molecule has 2 amide bonds. The Kier molecular flexibility index (Phi) is 6.80. The molecular weight excluding hydrogens is 480 g/mol. The molecule has 0 spiro atoms. The maximum atomic E-state index is 13.5. The minimum absolute atomic E-state index is 0.0570. The minimum Gasteiger partial charge on any atom is -0.477 e. The lowest BCUT2D eigenvalue weighted by molar-refractivity contribution is -0.384. The molecule has 1 saturated carbocycles. The zero-order chi connectivity index (χ0) is 26.9. The molecule has 0 aliphatic heterocycles. The second-order valence-corrected chi connectivity index (χ2v) is 9.19. The number of aromatic carboxylic acids is 1. The second-order valence-electron chi connectivity index (χ2n) is 9.19. The first kappa shape index (κ1) is 25.5. The van der Waals surface area contributed by atoms with Crippen LogP contribution in [0.3, 0.4) is 0 Å². The first-order chi connectivity index (χ1) is 17.6. The van der Waals surface area contributed by atoms with E-state index in [1.54, 1.807) is 31.3 Å². The highest BCUT2D eigenvalue weighted by molar-refractivity contribution is 6.06. The Bertz CT molecular complexity index is 1440. The van der Waals surface area contributed by atoms with E-state index in [1.165, 1.54) is 22.8 Å². The van der Waals surface area contributed by atoms with Crippen LogP contribution < -0.4 is 11.1 Å². The molecule has 192 valence electrons. The van der Waals surface area contributed by atoms with E-state index in [2.05, 4.69) is 5.32 Å². The van der Waals surface area contributed by atoms with Crippen LogP contribution in [0.4, 0.5) is 5.69 Å². The van der Waals surface area contributed by atoms with E-state index in [0.717, 1.165) is 6.07 Å². The Morgan fingerprint density at radius 3 is 2.57 bits per heavy atom. The van der Waals surface area contributed by atoms with Crippen LogP contribution in [0.25, 0.3) is 10.9 Å². The molecule has 2 aromatic carbocycles. The van der Waals surface area contributed by atoms with Gasteiger partial charge in [0.15, 0.2) is 5.78 Å². The molecular formula is C26H26N4O7. The minimum atomic E-state index is -1.61. The number of non-ortho nitro benzene ring substituents is 1. The number of aryl methyl sites for hydroxylation is 1. The molecule has 0 unspecified atom stereocenters. The topological polar surface area (TPSA) is 175 Å². The number of Topliss-reactive ketones (excluding diaryl/α,β-unsaturated/α-hetero) is 1. The van der Waals surface area contributed by atoms with Crippen molar-refractivity contribution in [2.24, 2.45) is 18.7 Å². The van der Waals surface area contributed by atoms with E-state index >= 15 is 0 Å². The summed E-state index contributed by atoms with van der Waals surface area (Å²) in [7, 11) is 1.58. The van der Waals surface area contributed by atoms with Gasteiger partial charge in [-0.25, -0.2) is 4.79 Å². The molecule has 1 heterocycles. The summed E-state index contributed by atoms with van der Waals surface area (Å²) < 4.78 is 1.48. The van der Waals surface area contributed by atoms with E-state index < -0.39 is 46.4 Å². The molecule has 0 bridgehead atoms. The maximum Gasteiger partial charge on any atom is 0.352 e. The fraction of sp³-hybridized carbons (Fsp3) is 0.308.